The minimum atomic E-state index is -0.101. The highest BCUT2D eigenvalue weighted by Gasteiger charge is 2.35. The molecule has 1 fully saturated rings. The van der Waals surface area contributed by atoms with Crippen LogP contribution in [0.15, 0.2) is 18.3 Å². The molecule has 0 aromatic carbocycles. The molecule has 0 aliphatic carbocycles. The predicted octanol–water partition coefficient (Wildman–Crippen LogP) is 0.985. The minimum absolute atomic E-state index is 0.00780. The predicted molar refractivity (Wildman–Crippen MR) is 87.3 cm³/mol. The van der Waals surface area contributed by atoms with E-state index in [1.54, 1.807) is 19.4 Å². The number of methoxy groups -OCH3 is 1. The van der Waals surface area contributed by atoms with Crippen LogP contribution >= 0.6 is 0 Å². The number of hydrogen-bond acceptors (Lipinski definition) is 5. The largest absolute Gasteiger partial charge is 0.378 e. The van der Waals surface area contributed by atoms with Crippen LogP contribution in [0.5, 0.6) is 0 Å². The maximum atomic E-state index is 12.4. The van der Waals surface area contributed by atoms with Gasteiger partial charge < -0.3 is 15.0 Å². The zero-order chi connectivity index (χ0) is 16.3. The van der Waals surface area contributed by atoms with Crippen molar-refractivity contribution < 1.29 is 9.53 Å². The van der Waals surface area contributed by atoms with Crippen molar-refractivity contribution in [1.82, 2.24) is 15.2 Å². The number of ether oxygens (including phenoxy) is 1. The fourth-order valence-electron chi connectivity index (χ4n) is 2.64. The summed E-state index contributed by atoms with van der Waals surface area (Å²) in [6.07, 6.45) is 1.64. The summed E-state index contributed by atoms with van der Waals surface area (Å²) < 4.78 is 5.51. The van der Waals surface area contributed by atoms with Crippen LogP contribution in [0.1, 0.15) is 24.2 Å². The van der Waals surface area contributed by atoms with Gasteiger partial charge in [-0.3, -0.25) is 9.69 Å². The average molecular weight is 306 g/mol. The van der Waals surface area contributed by atoms with E-state index in [-0.39, 0.29) is 18.1 Å². The van der Waals surface area contributed by atoms with E-state index in [4.69, 9.17) is 4.74 Å². The number of nitrogens with zero attached hydrogens (tertiary/aromatic N) is 3. The van der Waals surface area contributed by atoms with Crippen LogP contribution in [-0.4, -0.2) is 68.3 Å². The van der Waals surface area contributed by atoms with E-state index < -0.39 is 0 Å². The molecular weight excluding hydrogens is 280 g/mol. The van der Waals surface area contributed by atoms with Gasteiger partial charge in [-0.05, 0) is 26.0 Å². The molecule has 1 aromatic rings. The van der Waals surface area contributed by atoms with Crippen molar-refractivity contribution >= 4 is 11.7 Å². The number of likely N-dealkylation sites (tertiary alicyclic amines) is 1. The SMILES string of the molecule is CO[C@H]1CN(C(C)C)C[C@@H]1NC(=O)c1ccc(N(C)C)nc1. The Balaban J connectivity index is 2.01. The van der Waals surface area contributed by atoms with Crippen molar-refractivity contribution in [1.29, 1.82) is 0 Å². The lowest BCUT2D eigenvalue weighted by Crippen LogP contribution is -2.43. The van der Waals surface area contributed by atoms with Gasteiger partial charge in [0.15, 0.2) is 0 Å². The Morgan fingerprint density at radius 3 is 2.64 bits per heavy atom. The first-order chi connectivity index (χ1) is 10.4. The van der Waals surface area contributed by atoms with Crippen LogP contribution in [0.3, 0.4) is 0 Å². The molecule has 0 bridgehead atoms. The van der Waals surface area contributed by atoms with Crippen molar-refractivity contribution in [3.05, 3.63) is 23.9 Å². The first kappa shape index (κ1) is 16.7. The van der Waals surface area contributed by atoms with E-state index in [0.29, 0.717) is 11.6 Å². The fraction of sp³-hybridized carbons (Fsp3) is 0.625. The average Bonchev–Trinajstić information content (AvgIpc) is 2.90. The molecular formula is C16H26N4O2. The lowest BCUT2D eigenvalue weighted by Gasteiger charge is -2.20. The molecule has 0 saturated carbocycles. The number of carbonyl (C=O) groups excluding carboxylic acids is 1. The van der Waals surface area contributed by atoms with E-state index in [1.807, 2.05) is 25.1 Å². The second-order valence-electron chi connectivity index (χ2n) is 6.20. The standard InChI is InChI=1S/C16H26N4O2/c1-11(2)20-9-13(14(10-20)22-5)18-16(21)12-6-7-15(17-8-12)19(3)4/h6-8,11,13-14H,9-10H2,1-5H3,(H,18,21)/t13-,14-/m0/s1. The first-order valence-electron chi connectivity index (χ1n) is 7.63. The van der Waals surface area contributed by atoms with E-state index in [2.05, 4.69) is 29.0 Å². The zero-order valence-electron chi connectivity index (χ0n) is 14.0. The van der Waals surface area contributed by atoms with Crippen LogP contribution in [-0.2, 0) is 4.74 Å². The van der Waals surface area contributed by atoms with Crippen molar-refractivity contribution in [3.8, 4) is 0 Å². The lowest BCUT2D eigenvalue weighted by molar-refractivity contribution is 0.0753. The molecule has 1 N–H and O–H groups in total. The molecule has 0 spiro atoms. The van der Waals surface area contributed by atoms with Crippen LogP contribution < -0.4 is 10.2 Å². The summed E-state index contributed by atoms with van der Waals surface area (Å²) in [4.78, 5) is 20.9. The third kappa shape index (κ3) is 3.75. The molecule has 1 saturated heterocycles. The van der Waals surface area contributed by atoms with Gasteiger partial charge in [0.25, 0.3) is 5.91 Å². The molecule has 2 rings (SSSR count). The van der Waals surface area contributed by atoms with Gasteiger partial charge in [-0.15, -0.1) is 0 Å². The summed E-state index contributed by atoms with van der Waals surface area (Å²) in [5.41, 5.74) is 0.573. The highest BCUT2D eigenvalue weighted by atomic mass is 16.5. The monoisotopic (exact) mass is 306 g/mol. The summed E-state index contributed by atoms with van der Waals surface area (Å²) in [5.74, 6) is 0.730. The molecule has 22 heavy (non-hydrogen) atoms. The van der Waals surface area contributed by atoms with E-state index in [9.17, 15) is 4.79 Å². The quantitative estimate of drug-likeness (QED) is 0.879. The Hall–Kier alpha value is -1.66. The molecule has 0 unspecified atom stereocenters. The molecule has 6 heteroatoms. The molecule has 6 nitrogen and oxygen atoms in total. The van der Waals surface area contributed by atoms with Gasteiger partial charge in [0, 0.05) is 46.5 Å². The number of amides is 1. The molecule has 1 amide bonds. The molecule has 122 valence electrons. The third-order valence-corrected chi connectivity index (χ3v) is 4.11. The molecule has 2 atom stereocenters. The molecule has 1 aromatic heterocycles. The highest BCUT2D eigenvalue weighted by molar-refractivity contribution is 5.94. The van der Waals surface area contributed by atoms with E-state index >= 15 is 0 Å². The maximum Gasteiger partial charge on any atom is 0.253 e. The summed E-state index contributed by atoms with van der Waals surface area (Å²) >= 11 is 0. The van der Waals surface area contributed by atoms with Crippen molar-refractivity contribution in [3.63, 3.8) is 0 Å². The van der Waals surface area contributed by atoms with Crippen LogP contribution in [0.25, 0.3) is 0 Å². The Morgan fingerprint density at radius 2 is 2.14 bits per heavy atom. The lowest BCUT2D eigenvalue weighted by atomic mass is 10.2. The third-order valence-electron chi connectivity index (χ3n) is 4.11. The Bertz CT molecular complexity index is 501. The summed E-state index contributed by atoms with van der Waals surface area (Å²) in [6, 6.07) is 4.10. The van der Waals surface area contributed by atoms with Gasteiger partial charge >= 0.3 is 0 Å². The van der Waals surface area contributed by atoms with Gasteiger partial charge in [0.1, 0.15) is 5.82 Å². The van der Waals surface area contributed by atoms with E-state index in [1.165, 1.54) is 0 Å². The number of nitrogens with one attached hydrogen (secondary N) is 1. The van der Waals surface area contributed by atoms with Crippen molar-refractivity contribution in [2.45, 2.75) is 32.0 Å². The van der Waals surface area contributed by atoms with Crippen molar-refractivity contribution in [2.24, 2.45) is 0 Å². The Morgan fingerprint density at radius 1 is 1.41 bits per heavy atom. The highest BCUT2D eigenvalue weighted by Crippen LogP contribution is 2.16. The minimum Gasteiger partial charge on any atom is -0.378 e. The number of pyridine rings is 1. The topological polar surface area (TPSA) is 57.7 Å². The van der Waals surface area contributed by atoms with Crippen molar-refractivity contribution in [2.75, 3.05) is 39.2 Å². The number of rotatable bonds is 5. The normalized spacial score (nSPS) is 22.1. The maximum absolute atomic E-state index is 12.4. The second-order valence-corrected chi connectivity index (χ2v) is 6.20. The van der Waals surface area contributed by atoms with E-state index in [0.717, 1.165) is 18.9 Å². The van der Waals surface area contributed by atoms with Gasteiger partial charge in [-0.1, -0.05) is 0 Å². The Labute approximate surface area is 132 Å². The summed E-state index contributed by atoms with van der Waals surface area (Å²) in [6.45, 7) is 5.96. The Kier molecular flexibility index (Phi) is 5.37. The van der Waals surface area contributed by atoms with Gasteiger partial charge in [0.2, 0.25) is 0 Å². The number of carbonyl (C=O) groups is 1. The number of aromatic nitrogens is 1. The van der Waals surface area contributed by atoms with Crippen LogP contribution in [0.2, 0.25) is 0 Å². The molecule has 0 radical (unpaired) electrons. The van der Waals surface area contributed by atoms with Crippen LogP contribution in [0.4, 0.5) is 5.82 Å². The first-order valence-corrected chi connectivity index (χ1v) is 7.63. The fourth-order valence-corrected chi connectivity index (χ4v) is 2.64. The number of hydrogen-bond donors (Lipinski definition) is 1. The molecule has 1 aliphatic rings. The van der Waals surface area contributed by atoms with Gasteiger partial charge in [0.05, 0.1) is 17.7 Å². The zero-order valence-corrected chi connectivity index (χ0v) is 14.0. The molecule has 1 aliphatic heterocycles. The van der Waals surface area contributed by atoms with Gasteiger partial charge in [-0.2, -0.15) is 0 Å². The molecule has 2 heterocycles. The van der Waals surface area contributed by atoms with Crippen LogP contribution in [0, 0.1) is 0 Å². The summed E-state index contributed by atoms with van der Waals surface area (Å²) in [5, 5.41) is 3.07. The second kappa shape index (κ2) is 7.07. The summed E-state index contributed by atoms with van der Waals surface area (Å²) in [7, 11) is 5.54. The number of anilines is 1. The smallest absolute Gasteiger partial charge is 0.253 e. The van der Waals surface area contributed by atoms with Gasteiger partial charge in [-0.25, -0.2) is 4.98 Å².